The highest BCUT2D eigenvalue weighted by Crippen LogP contribution is 2.31. The van der Waals surface area contributed by atoms with Crippen LogP contribution in [0.15, 0.2) is 40.2 Å². The van der Waals surface area contributed by atoms with E-state index in [9.17, 15) is 4.79 Å². The predicted molar refractivity (Wildman–Crippen MR) is 92.1 cm³/mol. The van der Waals surface area contributed by atoms with Crippen LogP contribution in [0.3, 0.4) is 0 Å². The number of hydrogen-bond acceptors (Lipinski definition) is 3. The summed E-state index contributed by atoms with van der Waals surface area (Å²) in [6.45, 7) is 2.98. The minimum atomic E-state index is 0.228. The quantitative estimate of drug-likeness (QED) is 0.843. The van der Waals surface area contributed by atoms with Crippen LogP contribution >= 0.6 is 27.3 Å². The highest BCUT2D eigenvalue weighted by Gasteiger charge is 2.21. The van der Waals surface area contributed by atoms with Crippen LogP contribution in [0, 0.1) is 0 Å². The van der Waals surface area contributed by atoms with Crippen molar-refractivity contribution in [1.29, 1.82) is 0 Å². The molecule has 1 N–H and O–H groups in total. The largest absolute Gasteiger partial charge is 0.378 e. The molecule has 0 radical (unpaired) electrons. The van der Waals surface area contributed by atoms with Gasteiger partial charge in [-0.25, -0.2) is 0 Å². The molecule has 110 valence electrons. The number of nitrogens with one attached hydrogen (secondary N) is 1. The molecule has 1 aromatic heterocycles. The first-order valence-electron chi connectivity index (χ1n) is 7.05. The molecule has 0 bridgehead atoms. The number of rotatable bonds is 4. The van der Waals surface area contributed by atoms with E-state index in [-0.39, 0.29) is 11.9 Å². The van der Waals surface area contributed by atoms with Crippen molar-refractivity contribution in [1.82, 2.24) is 0 Å². The number of amides is 1. The third kappa shape index (κ3) is 3.14. The van der Waals surface area contributed by atoms with Gasteiger partial charge in [0.25, 0.3) is 0 Å². The molecule has 1 amide bonds. The summed E-state index contributed by atoms with van der Waals surface area (Å²) in [4.78, 5) is 14.9. The molecule has 1 unspecified atom stereocenters. The van der Waals surface area contributed by atoms with Gasteiger partial charge in [-0.05, 0) is 65.0 Å². The molecule has 2 aromatic rings. The second kappa shape index (κ2) is 6.20. The zero-order valence-electron chi connectivity index (χ0n) is 11.8. The molecule has 0 spiro atoms. The molecule has 0 saturated carbocycles. The lowest BCUT2D eigenvalue weighted by Gasteiger charge is -2.18. The monoisotopic (exact) mass is 364 g/mol. The van der Waals surface area contributed by atoms with Crippen molar-refractivity contribution in [2.45, 2.75) is 25.8 Å². The summed E-state index contributed by atoms with van der Waals surface area (Å²) in [5.41, 5.74) is 2.06. The second-order valence-electron chi connectivity index (χ2n) is 5.19. The molecule has 3 rings (SSSR count). The van der Waals surface area contributed by atoms with E-state index in [0.29, 0.717) is 6.42 Å². The zero-order chi connectivity index (χ0) is 14.8. The van der Waals surface area contributed by atoms with Crippen LogP contribution < -0.4 is 10.2 Å². The Bertz CT molecular complexity index is 638. The van der Waals surface area contributed by atoms with Gasteiger partial charge >= 0.3 is 0 Å². The lowest BCUT2D eigenvalue weighted by atomic mass is 10.2. The van der Waals surface area contributed by atoms with Crippen LogP contribution in [0.25, 0.3) is 0 Å². The fourth-order valence-electron chi connectivity index (χ4n) is 2.59. The van der Waals surface area contributed by atoms with Crippen LogP contribution in [0.2, 0.25) is 0 Å². The molecule has 1 atom stereocenters. The molecule has 2 heterocycles. The van der Waals surface area contributed by atoms with Gasteiger partial charge in [0.05, 0.1) is 6.04 Å². The maximum Gasteiger partial charge on any atom is 0.227 e. The molecule has 0 aliphatic carbocycles. The molecular weight excluding hydrogens is 348 g/mol. The smallest absolute Gasteiger partial charge is 0.227 e. The van der Waals surface area contributed by atoms with E-state index in [1.165, 1.54) is 4.88 Å². The average molecular weight is 365 g/mol. The Kier molecular flexibility index (Phi) is 4.31. The maximum absolute atomic E-state index is 11.7. The lowest BCUT2D eigenvalue weighted by Crippen LogP contribution is -2.23. The number of carbonyl (C=O) groups is 1. The van der Waals surface area contributed by atoms with Crippen molar-refractivity contribution >= 4 is 44.5 Å². The van der Waals surface area contributed by atoms with Crippen molar-refractivity contribution in [2.75, 3.05) is 16.8 Å². The second-order valence-corrected chi connectivity index (χ2v) is 7.00. The predicted octanol–water partition coefficient (Wildman–Crippen LogP) is 4.81. The molecule has 1 saturated heterocycles. The van der Waals surface area contributed by atoms with E-state index in [4.69, 9.17) is 0 Å². The summed E-state index contributed by atoms with van der Waals surface area (Å²) in [6, 6.07) is 10.4. The minimum Gasteiger partial charge on any atom is -0.378 e. The van der Waals surface area contributed by atoms with Gasteiger partial charge in [0.1, 0.15) is 0 Å². The Hall–Kier alpha value is -1.33. The Morgan fingerprint density at radius 2 is 2.05 bits per heavy atom. The van der Waals surface area contributed by atoms with Gasteiger partial charge in [-0.2, -0.15) is 0 Å². The van der Waals surface area contributed by atoms with Crippen molar-refractivity contribution < 1.29 is 4.79 Å². The van der Waals surface area contributed by atoms with Crippen molar-refractivity contribution in [3.8, 4) is 0 Å². The maximum atomic E-state index is 11.7. The van der Waals surface area contributed by atoms with Crippen LogP contribution in [0.1, 0.15) is 30.7 Å². The molecule has 21 heavy (non-hydrogen) atoms. The van der Waals surface area contributed by atoms with E-state index >= 15 is 0 Å². The fourth-order valence-corrected chi connectivity index (χ4v) is 4.31. The first kappa shape index (κ1) is 14.6. The number of halogens is 1. The number of hydrogen-bond donors (Lipinski definition) is 1. The van der Waals surface area contributed by atoms with Gasteiger partial charge in [0.15, 0.2) is 0 Å². The van der Waals surface area contributed by atoms with Gasteiger partial charge in [0, 0.05) is 33.7 Å². The summed E-state index contributed by atoms with van der Waals surface area (Å²) < 4.78 is 1.15. The molecular formula is C16H17BrN2OS. The van der Waals surface area contributed by atoms with Crippen molar-refractivity contribution in [2.24, 2.45) is 0 Å². The SMILES string of the molecule is CC(Nc1ccc(N2CCCC2=O)cc1)c1sccc1Br. The fraction of sp³-hybridized carbons (Fsp3) is 0.312. The molecule has 1 aromatic carbocycles. The molecule has 1 aliphatic rings. The van der Waals surface area contributed by atoms with Crippen molar-refractivity contribution in [3.63, 3.8) is 0 Å². The van der Waals surface area contributed by atoms with E-state index in [1.807, 2.05) is 29.2 Å². The summed E-state index contributed by atoms with van der Waals surface area (Å²) in [6.07, 6.45) is 1.63. The standard InChI is InChI=1S/C16H17BrN2OS/c1-11(16-14(17)8-10-21-16)18-12-4-6-13(7-5-12)19-9-2-3-15(19)20/h4-8,10-11,18H,2-3,9H2,1H3. The summed E-state index contributed by atoms with van der Waals surface area (Å²) in [7, 11) is 0. The van der Waals surface area contributed by atoms with Gasteiger partial charge in [-0.15, -0.1) is 11.3 Å². The third-order valence-corrected chi connectivity index (χ3v) is 5.73. The first-order chi connectivity index (χ1) is 10.1. The van der Waals surface area contributed by atoms with Crippen LogP contribution in [0.5, 0.6) is 0 Å². The first-order valence-corrected chi connectivity index (χ1v) is 8.72. The van der Waals surface area contributed by atoms with Gasteiger partial charge in [-0.3, -0.25) is 4.79 Å². The van der Waals surface area contributed by atoms with E-state index in [0.717, 1.165) is 28.8 Å². The highest BCUT2D eigenvalue weighted by atomic mass is 79.9. The zero-order valence-corrected chi connectivity index (χ0v) is 14.2. The Labute approximate surface area is 137 Å². The number of anilines is 2. The van der Waals surface area contributed by atoms with Gasteiger partial charge < -0.3 is 10.2 Å². The van der Waals surface area contributed by atoms with E-state index in [1.54, 1.807) is 11.3 Å². The highest BCUT2D eigenvalue weighted by molar-refractivity contribution is 9.10. The lowest BCUT2D eigenvalue weighted by molar-refractivity contribution is -0.117. The van der Waals surface area contributed by atoms with Crippen LogP contribution in [0.4, 0.5) is 11.4 Å². The normalized spacial score (nSPS) is 16.3. The number of thiophene rings is 1. The molecule has 5 heteroatoms. The van der Waals surface area contributed by atoms with Gasteiger partial charge in [-0.1, -0.05) is 0 Å². The van der Waals surface area contributed by atoms with Gasteiger partial charge in [0.2, 0.25) is 5.91 Å². The summed E-state index contributed by atoms with van der Waals surface area (Å²) in [5, 5.41) is 5.57. The summed E-state index contributed by atoms with van der Waals surface area (Å²) >= 11 is 5.31. The third-order valence-electron chi connectivity index (χ3n) is 3.67. The molecule has 1 fully saturated rings. The Morgan fingerprint density at radius 1 is 1.29 bits per heavy atom. The minimum absolute atomic E-state index is 0.228. The van der Waals surface area contributed by atoms with Crippen LogP contribution in [-0.2, 0) is 4.79 Å². The summed E-state index contributed by atoms with van der Waals surface area (Å²) in [5.74, 6) is 0.228. The topological polar surface area (TPSA) is 32.3 Å². The number of nitrogens with zero attached hydrogens (tertiary/aromatic N) is 1. The Balaban J connectivity index is 1.70. The number of carbonyl (C=O) groups excluding carboxylic acids is 1. The Morgan fingerprint density at radius 3 is 2.62 bits per heavy atom. The van der Waals surface area contributed by atoms with E-state index in [2.05, 4.69) is 39.6 Å². The number of benzene rings is 1. The average Bonchev–Trinajstić information content (AvgIpc) is 3.08. The van der Waals surface area contributed by atoms with Crippen LogP contribution in [-0.4, -0.2) is 12.5 Å². The van der Waals surface area contributed by atoms with E-state index < -0.39 is 0 Å². The molecule has 1 aliphatic heterocycles. The molecule has 3 nitrogen and oxygen atoms in total. The van der Waals surface area contributed by atoms with Crippen molar-refractivity contribution in [3.05, 3.63) is 45.1 Å².